The van der Waals surface area contributed by atoms with Gasteiger partial charge in [0.05, 0.1) is 37.2 Å². The third-order valence-electron chi connectivity index (χ3n) is 4.50. The van der Waals surface area contributed by atoms with Crippen LogP contribution >= 0.6 is 0 Å². The Morgan fingerprint density at radius 3 is 2.25 bits per heavy atom. The topological polar surface area (TPSA) is 106 Å². The molecule has 8 nitrogen and oxygen atoms in total. The van der Waals surface area contributed by atoms with Crippen molar-refractivity contribution in [2.75, 3.05) is 19.6 Å². The van der Waals surface area contributed by atoms with Gasteiger partial charge in [0, 0.05) is 0 Å². The molecule has 0 fully saturated rings. The predicted molar refractivity (Wildman–Crippen MR) is 120 cm³/mol. The van der Waals surface area contributed by atoms with Crippen LogP contribution in [0.15, 0.2) is 71.8 Å². The summed E-state index contributed by atoms with van der Waals surface area (Å²) in [7, 11) is 2.89. The van der Waals surface area contributed by atoms with Crippen molar-refractivity contribution >= 4 is 23.8 Å². The average Bonchev–Trinajstić information content (AvgIpc) is 2.83. The molecule has 3 rings (SSSR count). The molecule has 0 radical (unpaired) electrons. The van der Waals surface area contributed by atoms with Crippen molar-refractivity contribution in [2.45, 2.75) is 6.61 Å². The molecule has 0 atom stereocenters. The molecule has 32 heavy (non-hydrogen) atoms. The number of rotatable bonds is 9. The number of ether oxygens (including phenoxy) is 3. The molecule has 0 bridgehead atoms. The first-order chi connectivity index (χ1) is 15.5. The third kappa shape index (κ3) is 5.85. The van der Waals surface area contributed by atoms with E-state index in [4.69, 9.17) is 19.3 Å². The quantitative estimate of drug-likeness (QED) is 0.295. The molecule has 8 heteroatoms. The largest absolute Gasteiger partial charge is 0.493 e. The van der Waals surface area contributed by atoms with E-state index >= 15 is 0 Å². The average molecular weight is 434 g/mol. The maximum Gasteiger partial charge on any atom is 0.337 e. The molecule has 0 saturated heterocycles. The lowest BCUT2D eigenvalue weighted by atomic mass is 10.1. The number of carboxylic acid groups (broad SMARTS) is 1. The number of aromatic carboxylic acids is 1. The van der Waals surface area contributed by atoms with Crippen LogP contribution in [0.5, 0.6) is 11.5 Å². The number of hydrogen-bond acceptors (Lipinski definition) is 7. The molecule has 0 spiro atoms. The van der Waals surface area contributed by atoms with Crippen molar-refractivity contribution in [1.29, 1.82) is 0 Å². The van der Waals surface area contributed by atoms with Gasteiger partial charge < -0.3 is 19.3 Å². The Bertz CT molecular complexity index is 1110. The molecule has 0 saturated carbocycles. The second-order valence-corrected chi connectivity index (χ2v) is 6.64. The van der Waals surface area contributed by atoms with Gasteiger partial charge in [0.25, 0.3) is 0 Å². The molecule has 3 aromatic rings. The van der Waals surface area contributed by atoms with Crippen LogP contribution in [0, 0.1) is 0 Å². The summed E-state index contributed by atoms with van der Waals surface area (Å²) < 4.78 is 16.0. The smallest absolute Gasteiger partial charge is 0.337 e. The van der Waals surface area contributed by atoms with E-state index in [-0.39, 0.29) is 11.5 Å². The van der Waals surface area contributed by atoms with E-state index in [1.165, 1.54) is 19.2 Å². The molecule has 3 aromatic carbocycles. The second-order valence-electron chi connectivity index (χ2n) is 6.64. The van der Waals surface area contributed by atoms with Crippen molar-refractivity contribution in [3.8, 4) is 11.5 Å². The summed E-state index contributed by atoms with van der Waals surface area (Å²) in [5.41, 5.74) is 5.87. The number of carbonyl (C=O) groups is 2. The van der Waals surface area contributed by atoms with Crippen LogP contribution in [0.25, 0.3) is 0 Å². The molecular weight excluding hydrogens is 412 g/mol. The lowest BCUT2D eigenvalue weighted by molar-refractivity contribution is 0.0599. The Morgan fingerprint density at radius 2 is 1.62 bits per heavy atom. The SMILES string of the molecule is COC(=O)c1ccc(COc2ccc(/C=N\Nc3ccc(C(=O)O)cc3)cc2OC)cc1. The third-order valence-corrected chi connectivity index (χ3v) is 4.50. The number of benzene rings is 3. The zero-order chi connectivity index (χ0) is 22.9. The first-order valence-electron chi connectivity index (χ1n) is 9.60. The molecular formula is C24H22N2O6. The standard InChI is InChI=1S/C24H22N2O6/c1-30-22-13-17(14-25-26-20-10-8-18(9-11-20)23(27)28)5-12-21(22)32-15-16-3-6-19(7-4-16)24(29)31-2/h3-14,26H,15H2,1-2H3,(H,27,28)/b25-14-. The van der Waals surface area contributed by atoms with Gasteiger partial charge in [-0.2, -0.15) is 5.10 Å². The van der Waals surface area contributed by atoms with E-state index in [0.717, 1.165) is 11.1 Å². The van der Waals surface area contributed by atoms with E-state index in [2.05, 4.69) is 10.5 Å². The fourth-order valence-electron chi connectivity index (χ4n) is 2.77. The summed E-state index contributed by atoms with van der Waals surface area (Å²) in [4.78, 5) is 22.4. The lowest BCUT2D eigenvalue weighted by Gasteiger charge is -2.11. The van der Waals surface area contributed by atoms with Crippen LogP contribution in [0.4, 0.5) is 5.69 Å². The normalized spacial score (nSPS) is 10.6. The molecule has 2 N–H and O–H groups in total. The van der Waals surface area contributed by atoms with Crippen molar-refractivity contribution in [3.05, 3.63) is 89.0 Å². The van der Waals surface area contributed by atoms with Crippen LogP contribution in [0.3, 0.4) is 0 Å². The van der Waals surface area contributed by atoms with Crippen molar-refractivity contribution in [2.24, 2.45) is 5.10 Å². The van der Waals surface area contributed by atoms with E-state index in [0.29, 0.717) is 29.4 Å². The van der Waals surface area contributed by atoms with Crippen LogP contribution in [0.2, 0.25) is 0 Å². The number of anilines is 1. The number of hydrogen-bond donors (Lipinski definition) is 2. The number of esters is 1. The minimum absolute atomic E-state index is 0.208. The van der Waals surface area contributed by atoms with Crippen LogP contribution in [-0.4, -0.2) is 37.5 Å². The predicted octanol–water partition coefficient (Wildman–Crippen LogP) is 4.21. The molecule has 0 aliphatic carbocycles. The highest BCUT2D eigenvalue weighted by molar-refractivity contribution is 5.89. The summed E-state index contributed by atoms with van der Waals surface area (Å²) in [5, 5.41) is 13.1. The number of nitrogens with one attached hydrogen (secondary N) is 1. The van der Waals surface area contributed by atoms with Crippen LogP contribution < -0.4 is 14.9 Å². The lowest BCUT2D eigenvalue weighted by Crippen LogP contribution is -2.02. The Labute approximate surface area is 185 Å². The maximum absolute atomic E-state index is 11.5. The fraction of sp³-hybridized carbons (Fsp3) is 0.125. The zero-order valence-corrected chi connectivity index (χ0v) is 17.6. The van der Waals surface area contributed by atoms with Gasteiger partial charge in [-0.15, -0.1) is 0 Å². The van der Waals surface area contributed by atoms with E-state index in [1.807, 2.05) is 6.07 Å². The summed E-state index contributed by atoms with van der Waals surface area (Å²) in [6.45, 7) is 0.305. The highest BCUT2D eigenvalue weighted by Gasteiger charge is 2.08. The monoisotopic (exact) mass is 434 g/mol. The zero-order valence-electron chi connectivity index (χ0n) is 17.6. The number of hydrazone groups is 1. The molecule has 0 aliphatic heterocycles. The Balaban J connectivity index is 1.60. The summed E-state index contributed by atoms with van der Waals surface area (Å²) in [5.74, 6) is -0.249. The molecule has 164 valence electrons. The molecule has 0 aliphatic rings. The molecule has 0 heterocycles. The second kappa shape index (κ2) is 10.6. The van der Waals surface area contributed by atoms with Gasteiger partial charge in [-0.3, -0.25) is 5.43 Å². The first kappa shape index (κ1) is 22.4. The Morgan fingerprint density at radius 1 is 0.938 bits per heavy atom. The summed E-state index contributed by atoms with van der Waals surface area (Å²) in [6, 6.07) is 18.6. The minimum Gasteiger partial charge on any atom is -0.493 e. The van der Waals surface area contributed by atoms with Gasteiger partial charge in [-0.1, -0.05) is 12.1 Å². The minimum atomic E-state index is -0.979. The Kier molecular flexibility index (Phi) is 7.42. The van der Waals surface area contributed by atoms with Crippen molar-refractivity contribution in [1.82, 2.24) is 0 Å². The van der Waals surface area contributed by atoms with Gasteiger partial charge in [0.2, 0.25) is 0 Å². The van der Waals surface area contributed by atoms with E-state index in [1.54, 1.807) is 61.9 Å². The van der Waals surface area contributed by atoms with Gasteiger partial charge >= 0.3 is 11.9 Å². The molecule has 0 unspecified atom stereocenters. The van der Waals surface area contributed by atoms with Crippen molar-refractivity contribution in [3.63, 3.8) is 0 Å². The van der Waals surface area contributed by atoms with Crippen LogP contribution in [0.1, 0.15) is 31.8 Å². The number of carboxylic acids is 1. The summed E-state index contributed by atoms with van der Waals surface area (Å²) >= 11 is 0. The van der Waals surface area contributed by atoms with E-state index < -0.39 is 5.97 Å². The number of nitrogens with zero attached hydrogens (tertiary/aromatic N) is 1. The van der Waals surface area contributed by atoms with Crippen LogP contribution in [-0.2, 0) is 11.3 Å². The van der Waals surface area contributed by atoms with Gasteiger partial charge in [-0.05, 0) is 65.7 Å². The summed E-state index contributed by atoms with van der Waals surface area (Å²) in [6.07, 6.45) is 1.61. The first-order valence-corrected chi connectivity index (χ1v) is 9.60. The number of carbonyl (C=O) groups excluding carboxylic acids is 1. The maximum atomic E-state index is 11.5. The van der Waals surface area contributed by atoms with Gasteiger partial charge in [0.1, 0.15) is 6.61 Å². The fourth-order valence-corrected chi connectivity index (χ4v) is 2.77. The Hall–Kier alpha value is -4.33. The van der Waals surface area contributed by atoms with Gasteiger partial charge in [-0.25, -0.2) is 9.59 Å². The highest BCUT2D eigenvalue weighted by Crippen LogP contribution is 2.28. The van der Waals surface area contributed by atoms with Gasteiger partial charge in [0.15, 0.2) is 11.5 Å². The van der Waals surface area contributed by atoms with Crippen molar-refractivity contribution < 1.29 is 28.9 Å². The molecule has 0 amide bonds. The number of methoxy groups -OCH3 is 2. The highest BCUT2D eigenvalue weighted by atomic mass is 16.5. The molecule has 0 aromatic heterocycles. The van der Waals surface area contributed by atoms with E-state index in [9.17, 15) is 9.59 Å².